The first-order valence-corrected chi connectivity index (χ1v) is 8.60. The van der Waals surface area contributed by atoms with Crippen LogP contribution in [0.3, 0.4) is 0 Å². The van der Waals surface area contributed by atoms with Crippen molar-refractivity contribution < 1.29 is 23.1 Å². The molecule has 3 aromatic rings. The fourth-order valence-electron chi connectivity index (χ4n) is 2.58. The number of nitrogens with one attached hydrogen (secondary N) is 1. The lowest BCUT2D eigenvalue weighted by molar-refractivity contribution is -0.137. The predicted molar refractivity (Wildman–Crippen MR) is 103 cm³/mol. The Morgan fingerprint density at radius 3 is 2.66 bits per heavy atom. The highest BCUT2D eigenvalue weighted by atomic mass is 35.5. The highest BCUT2D eigenvalue weighted by molar-refractivity contribution is 6.32. The molecule has 0 spiro atoms. The van der Waals surface area contributed by atoms with E-state index in [0.717, 1.165) is 12.1 Å². The van der Waals surface area contributed by atoms with Gasteiger partial charge in [-0.3, -0.25) is 5.43 Å². The maximum atomic E-state index is 13.0. The third-order valence-corrected chi connectivity index (χ3v) is 4.37. The number of aryl methyl sites for hydroxylation is 1. The molecule has 1 heterocycles. The molecule has 0 amide bonds. The second-order valence-corrected chi connectivity index (χ2v) is 6.33. The van der Waals surface area contributed by atoms with Gasteiger partial charge in [-0.2, -0.15) is 23.4 Å². The molecule has 0 fully saturated rings. The number of benzene rings is 2. The van der Waals surface area contributed by atoms with E-state index in [-0.39, 0.29) is 22.1 Å². The lowest BCUT2D eigenvalue weighted by Crippen LogP contribution is -2.06. The number of aromatic nitrogens is 2. The predicted octanol–water partition coefficient (Wildman–Crippen LogP) is 5.00. The molecule has 2 aromatic carbocycles. The molecule has 0 unspecified atom stereocenters. The van der Waals surface area contributed by atoms with Gasteiger partial charge in [0, 0.05) is 0 Å². The molecule has 150 valence electrons. The molecule has 2 N–H and O–H groups in total. The Labute approximate surface area is 168 Å². The number of aromatic carboxylic acids is 1. The zero-order valence-corrected chi connectivity index (χ0v) is 15.7. The number of hydrogen-bond donors (Lipinski definition) is 2. The summed E-state index contributed by atoms with van der Waals surface area (Å²) in [4.78, 5) is 11.2. The minimum Gasteiger partial charge on any atom is -0.478 e. The summed E-state index contributed by atoms with van der Waals surface area (Å²) >= 11 is 6.30. The maximum absolute atomic E-state index is 13.0. The Kier molecular flexibility index (Phi) is 5.60. The van der Waals surface area contributed by atoms with Crippen molar-refractivity contribution in [3.05, 3.63) is 76.1 Å². The van der Waals surface area contributed by atoms with Gasteiger partial charge in [0.1, 0.15) is 5.15 Å². The summed E-state index contributed by atoms with van der Waals surface area (Å²) in [6, 6.07) is 10.8. The molecule has 1 aromatic heterocycles. The van der Waals surface area contributed by atoms with Gasteiger partial charge in [0.2, 0.25) is 0 Å². The normalized spacial score (nSPS) is 11.8. The molecule has 0 bridgehead atoms. The molecule has 10 heteroatoms. The quantitative estimate of drug-likeness (QED) is 0.448. The molecule has 6 nitrogen and oxygen atoms in total. The Balaban J connectivity index is 1.89. The van der Waals surface area contributed by atoms with E-state index in [4.69, 9.17) is 11.6 Å². The smallest absolute Gasteiger partial charge is 0.416 e. The van der Waals surface area contributed by atoms with Crippen molar-refractivity contribution in [3.8, 4) is 5.69 Å². The number of alkyl halides is 3. The first-order valence-electron chi connectivity index (χ1n) is 8.22. The van der Waals surface area contributed by atoms with Crippen LogP contribution in [0.2, 0.25) is 5.15 Å². The number of carboxylic acids is 1. The number of halogens is 4. The standard InChI is InChI=1S/C19H14ClF3N4O2/c1-11-15(10-24-25-16-8-3-2-7-14(16)18(28)29)17(20)27(26-11)13-6-4-5-12(9-13)19(21,22)23/h2-10,25H,1H3,(H,28,29)/b24-10+. The van der Waals surface area contributed by atoms with E-state index in [1.165, 1.54) is 29.1 Å². The Morgan fingerprint density at radius 2 is 1.97 bits per heavy atom. The summed E-state index contributed by atoms with van der Waals surface area (Å²) in [7, 11) is 0. The summed E-state index contributed by atoms with van der Waals surface area (Å²) in [5.74, 6) is -1.12. The summed E-state index contributed by atoms with van der Waals surface area (Å²) < 4.78 is 40.0. The fraction of sp³-hybridized carbons (Fsp3) is 0.105. The third kappa shape index (κ3) is 4.40. The van der Waals surface area contributed by atoms with Crippen molar-refractivity contribution in [1.29, 1.82) is 0 Å². The topological polar surface area (TPSA) is 79.5 Å². The molecular weight excluding hydrogens is 409 g/mol. The lowest BCUT2D eigenvalue weighted by Gasteiger charge is -2.09. The number of hydrazone groups is 1. The zero-order valence-electron chi connectivity index (χ0n) is 14.9. The molecule has 0 atom stereocenters. The van der Waals surface area contributed by atoms with Gasteiger partial charge in [0.05, 0.1) is 40.0 Å². The first kappa shape index (κ1) is 20.4. The Hall–Kier alpha value is -3.33. The van der Waals surface area contributed by atoms with Crippen LogP contribution >= 0.6 is 11.6 Å². The molecule has 0 radical (unpaired) electrons. The van der Waals surface area contributed by atoms with Crippen LogP contribution in [0.4, 0.5) is 18.9 Å². The van der Waals surface area contributed by atoms with Crippen molar-refractivity contribution in [2.24, 2.45) is 5.10 Å². The maximum Gasteiger partial charge on any atom is 0.416 e. The van der Waals surface area contributed by atoms with Crippen LogP contribution in [0.15, 0.2) is 53.6 Å². The highest BCUT2D eigenvalue weighted by Gasteiger charge is 2.30. The molecule has 29 heavy (non-hydrogen) atoms. The van der Waals surface area contributed by atoms with Crippen molar-refractivity contribution in [1.82, 2.24) is 9.78 Å². The van der Waals surface area contributed by atoms with Crippen LogP contribution in [0.1, 0.15) is 27.2 Å². The monoisotopic (exact) mass is 422 g/mol. The minimum absolute atomic E-state index is 0.0344. The van der Waals surface area contributed by atoms with Crippen molar-refractivity contribution >= 4 is 29.5 Å². The Bertz CT molecular complexity index is 1090. The van der Waals surface area contributed by atoms with Gasteiger partial charge in [-0.1, -0.05) is 29.8 Å². The molecule has 0 saturated carbocycles. The van der Waals surface area contributed by atoms with Crippen LogP contribution in [0.25, 0.3) is 5.69 Å². The number of carbonyl (C=O) groups is 1. The third-order valence-electron chi connectivity index (χ3n) is 4.00. The minimum atomic E-state index is -4.49. The van der Waals surface area contributed by atoms with Gasteiger partial charge >= 0.3 is 12.1 Å². The highest BCUT2D eigenvalue weighted by Crippen LogP contribution is 2.31. The van der Waals surface area contributed by atoms with E-state index in [0.29, 0.717) is 11.3 Å². The molecule has 0 aliphatic heterocycles. The molecule has 3 rings (SSSR count). The van der Waals surface area contributed by atoms with Gasteiger partial charge in [-0.05, 0) is 37.3 Å². The average molecular weight is 423 g/mol. The Morgan fingerprint density at radius 1 is 1.24 bits per heavy atom. The van der Waals surface area contributed by atoms with E-state index in [9.17, 15) is 23.1 Å². The number of rotatable bonds is 5. The number of hydrogen-bond acceptors (Lipinski definition) is 4. The van der Waals surface area contributed by atoms with Crippen LogP contribution in [-0.4, -0.2) is 27.1 Å². The van der Waals surface area contributed by atoms with Gasteiger partial charge in [0.15, 0.2) is 0 Å². The summed E-state index contributed by atoms with van der Waals surface area (Å²) in [6.45, 7) is 1.63. The van der Waals surface area contributed by atoms with E-state index in [1.54, 1.807) is 25.1 Å². The summed E-state index contributed by atoms with van der Waals surface area (Å²) in [6.07, 6.45) is -3.16. The van der Waals surface area contributed by atoms with Crippen LogP contribution < -0.4 is 5.43 Å². The van der Waals surface area contributed by atoms with E-state index in [1.807, 2.05) is 0 Å². The fourth-order valence-corrected chi connectivity index (χ4v) is 2.90. The van der Waals surface area contributed by atoms with Gasteiger partial charge in [-0.15, -0.1) is 0 Å². The van der Waals surface area contributed by atoms with E-state index < -0.39 is 17.7 Å². The van der Waals surface area contributed by atoms with Gasteiger partial charge < -0.3 is 5.11 Å². The zero-order chi connectivity index (χ0) is 21.2. The molecule has 0 aliphatic rings. The number of nitrogens with zero attached hydrogens (tertiary/aromatic N) is 3. The summed E-state index contributed by atoms with van der Waals surface area (Å²) in [5.41, 5.74) is 3.07. The first-order chi connectivity index (χ1) is 13.7. The summed E-state index contributed by atoms with van der Waals surface area (Å²) in [5, 5.41) is 17.4. The van der Waals surface area contributed by atoms with E-state index in [2.05, 4.69) is 15.6 Å². The van der Waals surface area contributed by atoms with Crippen LogP contribution in [0.5, 0.6) is 0 Å². The number of carboxylic acid groups (broad SMARTS) is 1. The second kappa shape index (κ2) is 7.96. The number of para-hydroxylation sites is 1. The molecular formula is C19H14ClF3N4O2. The largest absolute Gasteiger partial charge is 0.478 e. The number of anilines is 1. The van der Waals surface area contributed by atoms with Crippen molar-refractivity contribution in [2.75, 3.05) is 5.43 Å². The van der Waals surface area contributed by atoms with E-state index >= 15 is 0 Å². The van der Waals surface area contributed by atoms with Gasteiger partial charge in [-0.25, -0.2) is 9.48 Å². The van der Waals surface area contributed by atoms with Gasteiger partial charge in [0.25, 0.3) is 0 Å². The van der Waals surface area contributed by atoms with Crippen molar-refractivity contribution in [3.63, 3.8) is 0 Å². The van der Waals surface area contributed by atoms with Crippen LogP contribution in [-0.2, 0) is 6.18 Å². The average Bonchev–Trinajstić information content (AvgIpc) is 2.96. The molecule has 0 aliphatic carbocycles. The van der Waals surface area contributed by atoms with Crippen molar-refractivity contribution in [2.45, 2.75) is 13.1 Å². The van der Waals surface area contributed by atoms with Crippen LogP contribution in [0, 0.1) is 6.92 Å². The molecule has 0 saturated heterocycles. The second-order valence-electron chi connectivity index (χ2n) is 5.97. The SMILES string of the molecule is Cc1nn(-c2cccc(C(F)(F)F)c2)c(Cl)c1/C=N/Nc1ccccc1C(=O)O. The lowest BCUT2D eigenvalue weighted by atomic mass is 10.2.